The number of rotatable bonds is 7. The molecule has 0 saturated carbocycles. The van der Waals surface area contributed by atoms with Crippen molar-refractivity contribution in [3.63, 3.8) is 0 Å². The van der Waals surface area contributed by atoms with E-state index in [2.05, 4.69) is 5.32 Å². The summed E-state index contributed by atoms with van der Waals surface area (Å²) in [5.41, 5.74) is 1.57. The first-order valence-corrected chi connectivity index (χ1v) is 10.2. The lowest BCUT2D eigenvalue weighted by atomic mass is 9.98. The average molecular weight is 403 g/mol. The number of aryl methyl sites for hydroxylation is 1. The molecule has 160 valence electrons. The third kappa shape index (κ3) is 6.80. The standard InChI is InChI=1S/C23H34N2O4/c1-7-8-19(24-22(27)29-23(3,4)5)14-17-11-12-25(21(17)26)15-18-10-9-16(2)13-20(18)28-6/h7-10,13,17,19H,11-12,14-15H2,1-6H3,(H,24,27)/b8-7+. The minimum absolute atomic E-state index is 0.119. The summed E-state index contributed by atoms with van der Waals surface area (Å²) in [5.74, 6) is 0.801. The number of hydrogen-bond acceptors (Lipinski definition) is 4. The second kappa shape index (κ2) is 9.81. The predicted octanol–water partition coefficient (Wildman–Crippen LogP) is 4.21. The van der Waals surface area contributed by atoms with Gasteiger partial charge in [0.1, 0.15) is 11.4 Å². The molecule has 1 aliphatic rings. The maximum Gasteiger partial charge on any atom is 0.408 e. The van der Waals surface area contributed by atoms with Crippen LogP contribution in [0.4, 0.5) is 4.79 Å². The number of likely N-dealkylation sites (tertiary alicyclic amines) is 1. The van der Waals surface area contributed by atoms with Gasteiger partial charge in [0.25, 0.3) is 0 Å². The van der Waals surface area contributed by atoms with E-state index in [0.29, 0.717) is 19.5 Å². The van der Waals surface area contributed by atoms with E-state index >= 15 is 0 Å². The molecule has 1 saturated heterocycles. The molecule has 1 N–H and O–H groups in total. The Bertz CT molecular complexity index is 752. The minimum atomic E-state index is -0.558. The van der Waals surface area contributed by atoms with E-state index in [1.54, 1.807) is 7.11 Å². The number of nitrogens with one attached hydrogen (secondary N) is 1. The lowest BCUT2D eigenvalue weighted by Gasteiger charge is -2.23. The van der Waals surface area contributed by atoms with Gasteiger partial charge in [-0.25, -0.2) is 4.79 Å². The van der Waals surface area contributed by atoms with Crippen LogP contribution in [0.5, 0.6) is 5.75 Å². The second-order valence-electron chi connectivity index (χ2n) is 8.57. The SMILES string of the molecule is C/C=C/C(CC1CCN(Cc2ccc(C)cc2OC)C1=O)NC(=O)OC(C)(C)C. The van der Waals surface area contributed by atoms with Crippen molar-refractivity contribution >= 4 is 12.0 Å². The molecule has 29 heavy (non-hydrogen) atoms. The summed E-state index contributed by atoms with van der Waals surface area (Å²) in [7, 11) is 1.65. The zero-order valence-electron chi connectivity index (χ0n) is 18.5. The van der Waals surface area contributed by atoms with Crippen LogP contribution in [-0.4, -0.2) is 42.2 Å². The number of benzene rings is 1. The summed E-state index contributed by atoms with van der Waals surface area (Å²) >= 11 is 0. The Hall–Kier alpha value is -2.50. The van der Waals surface area contributed by atoms with Gasteiger partial charge in [-0.2, -0.15) is 0 Å². The average Bonchev–Trinajstić information content (AvgIpc) is 2.95. The molecule has 6 nitrogen and oxygen atoms in total. The third-order valence-corrected chi connectivity index (χ3v) is 4.88. The van der Waals surface area contributed by atoms with Crippen molar-refractivity contribution in [2.45, 2.75) is 65.6 Å². The topological polar surface area (TPSA) is 67.9 Å². The monoisotopic (exact) mass is 402 g/mol. The fraction of sp³-hybridized carbons (Fsp3) is 0.565. The molecule has 1 aliphatic heterocycles. The van der Waals surface area contributed by atoms with E-state index < -0.39 is 11.7 Å². The van der Waals surface area contributed by atoms with Gasteiger partial charge >= 0.3 is 6.09 Å². The number of methoxy groups -OCH3 is 1. The normalized spacial score (nSPS) is 18.2. The van der Waals surface area contributed by atoms with Crippen LogP contribution in [0.1, 0.15) is 51.7 Å². The zero-order valence-corrected chi connectivity index (χ0v) is 18.5. The fourth-order valence-electron chi connectivity index (χ4n) is 3.55. The van der Waals surface area contributed by atoms with E-state index in [0.717, 1.165) is 23.3 Å². The molecule has 2 unspecified atom stereocenters. The van der Waals surface area contributed by atoms with Gasteiger partial charge in [-0.3, -0.25) is 4.79 Å². The lowest BCUT2D eigenvalue weighted by Crippen LogP contribution is -2.40. The Morgan fingerprint density at radius 3 is 2.72 bits per heavy atom. The summed E-state index contributed by atoms with van der Waals surface area (Å²) in [5, 5.41) is 2.87. The van der Waals surface area contributed by atoms with Crippen LogP contribution in [0, 0.1) is 12.8 Å². The van der Waals surface area contributed by atoms with Gasteiger partial charge in [0, 0.05) is 24.6 Å². The molecule has 2 amide bonds. The second-order valence-corrected chi connectivity index (χ2v) is 8.57. The first-order valence-electron chi connectivity index (χ1n) is 10.2. The molecular weight excluding hydrogens is 368 g/mol. The van der Waals surface area contributed by atoms with Gasteiger partial charge in [0.2, 0.25) is 5.91 Å². The number of alkyl carbamates (subject to hydrolysis) is 1. The molecule has 1 heterocycles. The quantitative estimate of drug-likeness (QED) is 0.694. The molecule has 6 heteroatoms. The van der Waals surface area contributed by atoms with E-state index in [1.807, 2.05) is 69.9 Å². The molecule has 1 fully saturated rings. The van der Waals surface area contributed by atoms with Crippen molar-refractivity contribution in [2.75, 3.05) is 13.7 Å². The molecular formula is C23H34N2O4. The van der Waals surface area contributed by atoms with Crippen LogP contribution >= 0.6 is 0 Å². The van der Waals surface area contributed by atoms with Crippen molar-refractivity contribution in [2.24, 2.45) is 5.92 Å². The van der Waals surface area contributed by atoms with E-state index in [1.165, 1.54) is 0 Å². The summed E-state index contributed by atoms with van der Waals surface area (Å²) < 4.78 is 10.8. The number of ether oxygens (including phenoxy) is 2. The van der Waals surface area contributed by atoms with Crippen molar-refractivity contribution in [1.82, 2.24) is 10.2 Å². The molecule has 0 spiro atoms. The number of amides is 2. The van der Waals surface area contributed by atoms with E-state index in [-0.39, 0.29) is 17.9 Å². The fourth-order valence-corrected chi connectivity index (χ4v) is 3.55. The minimum Gasteiger partial charge on any atom is -0.496 e. The van der Waals surface area contributed by atoms with Crippen LogP contribution in [0.2, 0.25) is 0 Å². The van der Waals surface area contributed by atoms with Crippen LogP contribution in [0.25, 0.3) is 0 Å². The Morgan fingerprint density at radius 1 is 1.38 bits per heavy atom. The molecule has 2 atom stereocenters. The highest BCUT2D eigenvalue weighted by molar-refractivity contribution is 5.81. The Kier molecular flexibility index (Phi) is 7.71. The maximum atomic E-state index is 12.9. The number of allylic oxidation sites excluding steroid dienone is 1. The first-order chi connectivity index (χ1) is 13.6. The molecule has 1 aromatic rings. The van der Waals surface area contributed by atoms with Crippen LogP contribution in [-0.2, 0) is 16.1 Å². The molecule has 0 aliphatic carbocycles. The Balaban J connectivity index is 1.99. The summed E-state index contributed by atoms with van der Waals surface area (Å²) in [6.45, 7) is 10.6. The van der Waals surface area contributed by atoms with Crippen molar-refractivity contribution < 1.29 is 19.1 Å². The predicted molar refractivity (Wildman–Crippen MR) is 114 cm³/mol. The summed E-state index contributed by atoms with van der Waals surface area (Å²) in [6.07, 6.45) is 4.66. The zero-order chi connectivity index (χ0) is 21.6. The summed E-state index contributed by atoms with van der Waals surface area (Å²) in [4.78, 5) is 26.9. The maximum absolute atomic E-state index is 12.9. The van der Waals surface area contributed by atoms with Crippen molar-refractivity contribution in [3.05, 3.63) is 41.5 Å². The molecule has 0 bridgehead atoms. The highest BCUT2D eigenvalue weighted by Crippen LogP contribution is 2.28. The van der Waals surface area contributed by atoms with Crippen molar-refractivity contribution in [1.29, 1.82) is 0 Å². The molecule has 0 radical (unpaired) electrons. The Morgan fingerprint density at radius 2 is 2.10 bits per heavy atom. The highest BCUT2D eigenvalue weighted by atomic mass is 16.6. The van der Waals surface area contributed by atoms with Gasteiger partial charge in [0.15, 0.2) is 0 Å². The smallest absolute Gasteiger partial charge is 0.408 e. The van der Waals surface area contributed by atoms with Gasteiger partial charge in [-0.15, -0.1) is 0 Å². The first kappa shape index (κ1) is 22.8. The largest absolute Gasteiger partial charge is 0.496 e. The number of carbonyl (C=O) groups is 2. The lowest BCUT2D eigenvalue weighted by molar-refractivity contribution is -0.131. The molecule has 2 rings (SSSR count). The van der Waals surface area contributed by atoms with Crippen LogP contribution < -0.4 is 10.1 Å². The summed E-state index contributed by atoms with van der Waals surface area (Å²) in [6, 6.07) is 5.79. The molecule has 0 aromatic heterocycles. The van der Waals surface area contributed by atoms with Gasteiger partial charge in [-0.05, 0) is 59.1 Å². The highest BCUT2D eigenvalue weighted by Gasteiger charge is 2.33. The van der Waals surface area contributed by atoms with E-state index in [9.17, 15) is 9.59 Å². The number of hydrogen-bond donors (Lipinski definition) is 1. The molecule has 1 aromatic carbocycles. The van der Waals surface area contributed by atoms with E-state index in [4.69, 9.17) is 9.47 Å². The van der Waals surface area contributed by atoms with Gasteiger partial charge < -0.3 is 19.7 Å². The third-order valence-electron chi connectivity index (χ3n) is 4.88. The number of carbonyl (C=O) groups excluding carboxylic acids is 2. The van der Waals surface area contributed by atoms with Crippen molar-refractivity contribution in [3.8, 4) is 5.75 Å². The van der Waals surface area contributed by atoms with Crippen LogP contribution in [0.3, 0.4) is 0 Å². The van der Waals surface area contributed by atoms with Crippen LogP contribution in [0.15, 0.2) is 30.4 Å². The number of nitrogens with zero attached hydrogens (tertiary/aromatic N) is 1. The van der Waals surface area contributed by atoms with Gasteiger partial charge in [-0.1, -0.05) is 24.3 Å². The Labute approximate surface area is 174 Å². The van der Waals surface area contributed by atoms with Gasteiger partial charge in [0.05, 0.1) is 13.2 Å².